The number of benzene rings is 2. The minimum Gasteiger partial charge on any atom is -0.342 e. The van der Waals surface area contributed by atoms with Crippen LogP contribution in [-0.4, -0.2) is 51.6 Å². The van der Waals surface area contributed by atoms with Gasteiger partial charge in [0.1, 0.15) is 6.33 Å². The first-order valence-corrected chi connectivity index (χ1v) is 10.6. The molecule has 1 aromatic heterocycles. The van der Waals surface area contributed by atoms with E-state index in [1.54, 1.807) is 29.2 Å². The smallest absolute Gasteiger partial charge is 0.258 e. The van der Waals surface area contributed by atoms with Crippen molar-refractivity contribution in [3.05, 3.63) is 77.4 Å². The zero-order valence-electron chi connectivity index (χ0n) is 18.3. The fourth-order valence-corrected chi connectivity index (χ4v) is 3.80. The van der Waals surface area contributed by atoms with Crippen molar-refractivity contribution in [2.24, 2.45) is 0 Å². The second-order valence-electron chi connectivity index (χ2n) is 8.10. The molecule has 0 N–H and O–H groups in total. The van der Waals surface area contributed by atoms with Gasteiger partial charge >= 0.3 is 0 Å². The molecule has 3 aromatic rings. The van der Waals surface area contributed by atoms with E-state index in [4.69, 9.17) is 0 Å². The minimum absolute atomic E-state index is 0.0439. The molecule has 2 amide bonds. The lowest BCUT2D eigenvalue weighted by Crippen LogP contribution is -2.30. The summed E-state index contributed by atoms with van der Waals surface area (Å²) < 4.78 is 1.82. The Labute approximate surface area is 182 Å². The number of rotatable bonds is 5. The van der Waals surface area contributed by atoms with Gasteiger partial charge < -0.3 is 9.80 Å². The Morgan fingerprint density at radius 1 is 1.13 bits per heavy atom. The van der Waals surface area contributed by atoms with E-state index in [1.165, 1.54) is 0 Å². The maximum Gasteiger partial charge on any atom is 0.258 e. The van der Waals surface area contributed by atoms with Gasteiger partial charge in [0.25, 0.3) is 11.8 Å². The molecule has 4 rings (SSSR count). The van der Waals surface area contributed by atoms with Crippen molar-refractivity contribution in [2.45, 2.75) is 32.7 Å². The molecule has 1 unspecified atom stereocenters. The third kappa shape index (κ3) is 3.83. The molecule has 7 heteroatoms. The second kappa shape index (κ2) is 8.34. The molecule has 1 aliphatic heterocycles. The molecule has 2 heterocycles. The highest BCUT2D eigenvalue weighted by atomic mass is 16.2. The molecule has 1 atom stereocenters. The molecule has 2 aromatic carbocycles. The van der Waals surface area contributed by atoms with E-state index in [2.05, 4.69) is 10.1 Å². The Morgan fingerprint density at radius 2 is 1.87 bits per heavy atom. The summed E-state index contributed by atoms with van der Waals surface area (Å²) in [5.74, 6) is 0.351. The lowest BCUT2D eigenvalue weighted by atomic mass is 9.98. The van der Waals surface area contributed by atoms with E-state index in [1.807, 2.05) is 67.9 Å². The van der Waals surface area contributed by atoms with Gasteiger partial charge in [-0.1, -0.05) is 18.2 Å². The SMILES string of the molecule is CCN(C)C(=O)c1ccc2c(c1)C(c1ncn(C(C)C)n1)CN2C(=O)c1ccccc1. The highest BCUT2D eigenvalue weighted by Gasteiger charge is 2.36. The van der Waals surface area contributed by atoms with Crippen LogP contribution in [0.3, 0.4) is 0 Å². The van der Waals surface area contributed by atoms with Crippen LogP contribution in [0.25, 0.3) is 0 Å². The van der Waals surface area contributed by atoms with E-state index in [-0.39, 0.29) is 23.8 Å². The Bertz CT molecular complexity index is 1110. The van der Waals surface area contributed by atoms with Gasteiger partial charge in [-0.25, -0.2) is 4.98 Å². The number of hydrogen-bond donors (Lipinski definition) is 0. The Kier molecular flexibility index (Phi) is 5.59. The summed E-state index contributed by atoms with van der Waals surface area (Å²) >= 11 is 0. The van der Waals surface area contributed by atoms with Crippen molar-refractivity contribution in [1.82, 2.24) is 19.7 Å². The van der Waals surface area contributed by atoms with Crippen molar-refractivity contribution in [2.75, 3.05) is 25.0 Å². The minimum atomic E-state index is -0.192. The molecule has 0 saturated carbocycles. The summed E-state index contributed by atoms with van der Waals surface area (Å²) in [6, 6.07) is 15.0. The van der Waals surface area contributed by atoms with Gasteiger partial charge in [-0.05, 0) is 56.7 Å². The number of carbonyl (C=O) groups is 2. The van der Waals surface area contributed by atoms with Crippen molar-refractivity contribution in [3.8, 4) is 0 Å². The van der Waals surface area contributed by atoms with Gasteiger partial charge in [-0.3, -0.25) is 14.3 Å². The number of amides is 2. The molecule has 1 aliphatic rings. The van der Waals surface area contributed by atoms with Gasteiger partial charge in [-0.2, -0.15) is 5.10 Å². The summed E-state index contributed by atoms with van der Waals surface area (Å²) in [7, 11) is 1.78. The van der Waals surface area contributed by atoms with Crippen LogP contribution in [0.1, 0.15) is 64.8 Å². The first kappa shape index (κ1) is 20.8. The molecule has 0 fully saturated rings. The Hall–Kier alpha value is -3.48. The van der Waals surface area contributed by atoms with E-state index >= 15 is 0 Å². The second-order valence-corrected chi connectivity index (χ2v) is 8.10. The fourth-order valence-electron chi connectivity index (χ4n) is 3.80. The lowest BCUT2D eigenvalue weighted by molar-refractivity contribution is 0.0802. The lowest BCUT2D eigenvalue weighted by Gasteiger charge is -2.18. The molecule has 7 nitrogen and oxygen atoms in total. The van der Waals surface area contributed by atoms with Gasteiger partial charge in [0, 0.05) is 43.0 Å². The van der Waals surface area contributed by atoms with Gasteiger partial charge in [0.2, 0.25) is 0 Å². The number of nitrogens with zero attached hydrogens (tertiary/aromatic N) is 5. The van der Waals surface area contributed by atoms with Crippen LogP contribution in [-0.2, 0) is 0 Å². The maximum atomic E-state index is 13.3. The quantitative estimate of drug-likeness (QED) is 0.634. The normalized spacial score (nSPS) is 15.3. The van der Waals surface area contributed by atoms with Crippen LogP contribution in [0.4, 0.5) is 5.69 Å². The number of aromatic nitrogens is 3. The van der Waals surface area contributed by atoms with Crippen molar-refractivity contribution < 1.29 is 9.59 Å². The molecule has 31 heavy (non-hydrogen) atoms. The van der Waals surface area contributed by atoms with E-state index in [0.717, 1.165) is 11.3 Å². The first-order chi connectivity index (χ1) is 14.9. The molecular weight excluding hydrogens is 390 g/mol. The summed E-state index contributed by atoms with van der Waals surface area (Å²) in [6.45, 7) is 7.09. The van der Waals surface area contributed by atoms with Crippen LogP contribution in [0.5, 0.6) is 0 Å². The standard InChI is InChI=1S/C24H27N5O2/c1-5-27(4)23(30)18-11-12-21-19(13-18)20(22-25-15-29(26-22)16(2)3)14-28(21)24(31)17-9-7-6-8-10-17/h6-13,15-16,20H,5,14H2,1-4H3. The Balaban J connectivity index is 1.77. The molecular formula is C24H27N5O2. The zero-order valence-corrected chi connectivity index (χ0v) is 18.3. The monoisotopic (exact) mass is 417 g/mol. The number of fused-ring (bicyclic) bond motifs is 1. The van der Waals surface area contributed by atoms with E-state index in [9.17, 15) is 9.59 Å². The number of anilines is 1. The fraction of sp³-hybridized carbons (Fsp3) is 0.333. The predicted molar refractivity (Wildman–Crippen MR) is 119 cm³/mol. The van der Waals surface area contributed by atoms with Crippen LogP contribution >= 0.6 is 0 Å². The molecule has 0 radical (unpaired) electrons. The third-order valence-corrected chi connectivity index (χ3v) is 5.76. The van der Waals surface area contributed by atoms with Gasteiger partial charge in [-0.15, -0.1) is 0 Å². The van der Waals surface area contributed by atoms with E-state index in [0.29, 0.717) is 30.0 Å². The first-order valence-electron chi connectivity index (χ1n) is 10.6. The molecule has 0 aliphatic carbocycles. The van der Waals surface area contributed by atoms with Crippen molar-refractivity contribution >= 4 is 17.5 Å². The van der Waals surface area contributed by atoms with Gasteiger partial charge in [0.05, 0.1) is 5.92 Å². The summed E-state index contributed by atoms with van der Waals surface area (Å²) in [5, 5.41) is 4.66. The average Bonchev–Trinajstić information content (AvgIpc) is 3.43. The third-order valence-electron chi connectivity index (χ3n) is 5.76. The van der Waals surface area contributed by atoms with Gasteiger partial charge in [0.15, 0.2) is 5.82 Å². The Morgan fingerprint density at radius 3 is 2.52 bits per heavy atom. The zero-order chi connectivity index (χ0) is 22.1. The number of carbonyl (C=O) groups excluding carboxylic acids is 2. The van der Waals surface area contributed by atoms with Crippen LogP contribution in [0, 0.1) is 0 Å². The largest absolute Gasteiger partial charge is 0.342 e. The van der Waals surface area contributed by atoms with Crippen LogP contribution in [0.2, 0.25) is 0 Å². The summed E-state index contributed by atoms with van der Waals surface area (Å²) in [4.78, 5) is 34.0. The highest BCUT2D eigenvalue weighted by Crippen LogP contribution is 2.40. The maximum absolute atomic E-state index is 13.3. The summed E-state index contributed by atoms with van der Waals surface area (Å²) in [6.07, 6.45) is 1.72. The molecule has 160 valence electrons. The topological polar surface area (TPSA) is 71.3 Å². The highest BCUT2D eigenvalue weighted by molar-refractivity contribution is 6.08. The van der Waals surface area contributed by atoms with Crippen LogP contribution in [0.15, 0.2) is 54.9 Å². The molecule has 0 saturated heterocycles. The van der Waals surface area contributed by atoms with E-state index < -0.39 is 0 Å². The van der Waals surface area contributed by atoms with Crippen molar-refractivity contribution in [3.63, 3.8) is 0 Å². The van der Waals surface area contributed by atoms with Crippen molar-refractivity contribution in [1.29, 1.82) is 0 Å². The van der Waals surface area contributed by atoms with Crippen LogP contribution < -0.4 is 4.90 Å². The molecule has 0 spiro atoms. The number of hydrogen-bond acceptors (Lipinski definition) is 4. The molecule has 0 bridgehead atoms. The summed E-state index contributed by atoms with van der Waals surface area (Å²) in [5.41, 5.74) is 2.93. The predicted octanol–water partition coefficient (Wildman–Crippen LogP) is 3.74. The average molecular weight is 418 g/mol.